The minimum absolute atomic E-state index is 0.0935. The van der Waals surface area contributed by atoms with Gasteiger partial charge in [0.15, 0.2) is 6.61 Å². The van der Waals surface area contributed by atoms with E-state index in [-0.39, 0.29) is 29.1 Å². The fourth-order valence-corrected chi connectivity index (χ4v) is 3.69. The van der Waals surface area contributed by atoms with Crippen molar-refractivity contribution in [3.05, 3.63) is 64.2 Å². The number of hydrogen-bond acceptors (Lipinski definition) is 5. The van der Waals surface area contributed by atoms with Gasteiger partial charge in [0.2, 0.25) is 5.91 Å². The number of nitrogens with one attached hydrogen (secondary N) is 2. The lowest BCUT2D eigenvalue weighted by molar-refractivity contribution is -0.151. The van der Waals surface area contributed by atoms with Gasteiger partial charge in [-0.15, -0.1) is 0 Å². The van der Waals surface area contributed by atoms with Gasteiger partial charge in [-0.05, 0) is 41.3 Å². The van der Waals surface area contributed by atoms with E-state index in [1.54, 1.807) is 12.1 Å². The number of ether oxygens (including phenoxy) is 1. The SMILES string of the molecule is CC(C)(C)c1ccc(C(=O)NN2C[C@H](C(=O)OCC(=O)Nc3cc(C(F)(F)F)ccc3Cl)CC2=O)cc1. The first-order chi connectivity index (χ1) is 17.1. The minimum atomic E-state index is -4.64. The van der Waals surface area contributed by atoms with Crippen molar-refractivity contribution in [3.8, 4) is 0 Å². The zero-order chi connectivity index (χ0) is 27.5. The second kappa shape index (κ2) is 10.8. The number of hydrogen-bond donors (Lipinski definition) is 2. The molecule has 0 aromatic heterocycles. The first kappa shape index (κ1) is 28.0. The first-order valence-electron chi connectivity index (χ1n) is 11.2. The summed E-state index contributed by atoms with van der Waals surface area (Å²) in [7, 11) is 0. The van der Waals surface area contributed by atoms with Crippen LogP contribution < -0.4 is 10.7 Å². The Labute approximate surface area is 216 Å². The second-order valence-electron chi connectivity index (χ2n) is 9.52. The van der Waals surface area contributed by atoms with E-state index < -0.39 is 48.0 Å². The molecular weight excluding hydrogens is 515 g/mol. The second-order valence-corrected chi connectivity index (χ2v) is 9.93. The molecule has 12 heteroatoms. The Morgan fingerprint density at radius 2 is 1.68 bits per heavy atom. The molecule has 0 radical (unpaired) electrons. The molecule has 1 saturated heterocycles. The van der Waals surface area contributed by atoms with Crippen LogP contribution in [0.2, 0.25) is 5.02 Å². The maximum atomic E-state index is 12.9. The average molecular weight is 540 g/mol. The lowest BCUT2D eigenvalue weighted by atomic mass is 9.87. The van der Waals surface area contributed by atoms with Crippen LogP contribution in [-0.4, -0.2) is 41.9 Å². The van der Waals surface area contributed by atoms with Gasteiger partial charge in [-0.25, -0.2) is 0 Å². The molecule has 0 saturated carbocycles. The molecule has 1 atom stereocenters. The standard InChI is InChI=1S/C25H25ClF3N3O5/c1-24(2,3)16-6-4-14(5-7-16)22(35)31-32-12-15(10-21(32)34)23(36)37-13-20(33)30-19-11-17(25(27,28)29)8-9-18(19)26/h4-9,11,15H,10,12-13H2,1-3H3,(H,30,33)(H,31,35)/t15-/m1/s1. The molecule has 3 rings (SSSR count). The lowest BCUT2D eigenvalue weighted by Crippen LogP contribution is -2.43. The quantitative estimate of drug-likeness (QED) is 0.532. The molecule has 3 amide bonds. The highest BCUT2D eigenvalue weighted by Crippen LogP contribution is 2.33. The van der Waals surface area contributed by atoms with E-state index in [4.69, 9.17) is 16.3 Å². The number of benzene rings is 2. The van der Waals surface area contributed by atoms with Crippen molar-refractivity contribution < 1.29 is 37.1 Å². The van der Waals surface area contributed by atoms with Crippen molar-refractivity contribution in [1.29, 1.82) is 0 Å². The minimum Gasteiger partial charge on any atom is -0.455 e. The van der Waals surface area contributed by atoms with Crippen LogP contribution in [0.1, 0.15) is 48.7 Å². The molecule has 1 aliphatic heterocycles. The van der Waals surface area contributed by atoms with E-state index in [0.717, 1.165) is 22.7 Å². The first-order valence-corrected chi connectivity index (χ1v) is 11.6. The molecule has 198 valence electrons. The highest BCUT2D eigenvalue weighted by atomic mass is 35.5. The number of esters is 1. The molecule has 37 heavy (non-hydrogen) atoms. The van der Waals surface area contributed by atoms with Crippen molar-refractivity contribution in [2.75, 3.05) is 18.5 Å². The maximum Gasteiger partial charge on any atom is 0.416 e. The van der Waals surface area contributed by atoms with Crippen LogP contribution in [0.25, 0.3) is 0 Å². The molecule has 0 unspecified atom stereocenters. The summed E-state index contributed by atoms with van der Waals surface area (Å²) < 4.78 is 43.6. The molecule has 2 aromatic rings. The van der Waals surface area contributed by atoms with Crippen LogP contribution in [0.3, 0.4) is 0 Å². The summed E-state index contributed by atoms with van der Waals surface area (Å²) in [6, 6.07) is 9.32. The Kier molecular flexibility index (Phi) is 8.16. The molecule has 1 heterocycles. The highest BCUT2D eigenvalue weighted by molar-refractivity contribution is 6.33. The summed E-state index contributed by atoms with van der Waals surface area (Å²) in [6.07, 6.45) is -4.88. The number of carbonyl (C=O) groups is 4. The van der Waals surface area contributed by atoms with Gasteiger partial charge in [0, 0.05) is 12.0 Å². The van der Waals surface area contributed by atoms with Gasteiger partial charge in [-0.2, -0.15) is 13.2 Å². The zero-order valence-corrected chi connectivity index (χ0v) is 21.0. The van der Waals surface area contributed by atoms with Crippen molar-refractivity contribution in [2.45, 2.75) is 38.8 Å². The third-order valence-electron chi connectivity index (χ3n) is 5.62. The summed E-state index contributed by atoms with van der Waals surface area (Å²) in [5, 5.41) is 3.04. The molecule has 8 nitrogen and oxygen atoms in total. The smallest absolute Gasteiger partial charge is 0.416 e. The molecule has 1 fully saturated rings. The van der Waals surface area contributed by atoms with Gasteiger partial charge < -0.3 is 10.1 Å². The van der Waals surface area contributed by atoms with Crippen LogP contribution in [-0.2, 0) is 30.7 Å². The molecule has 2 aromatic carbocycles. The number of amides is 3. The van der Waals surface area contributed by atoms with E-state index in [1.807, 2.05) is 32.9 Å². The Bertz CT molecular complexity index is 1210. The number of rotatable bonds is 6. The van der Waals surface area contributed by atoms with Crippen LogP contribution >= 0.6 is 11.6 Å². The molecule has 1 aliphatic rings. The van der Waals surface area contributed by atoms with E-state index in [9.17, 15) is 32.3 Å². The Morgan fingerprint density at radius 1 is 1.05 bits per heavy atom. The number of carbonyl (C=O) groups excluding carboxylic acids is 4. The van der Waals surface area contributed by atoms with Gasteiger partial charge >= 0.3 is 12.1 Å². The van der Waals surface area contributed by atoms with Gasteiger partial charge in [0.25, 0.3) is 11.8 Å². The largest absolute Gasteiger partial charge is 0.455 e. The summed E-state index contributed by atoms with van der Waals surface area (Å²) in [5.41, 5.74) is 2.42. The van der Waals surface area contributed by atoms with Crippen LogP contribution in [0.15, 0.2) is 42.5 Å². The van der Waals surface area contributed by atoms with E-state index in [0.29, 0.717) is 11.6 Å². The predicted molar refractivity (Wildman–Crippen MR) is 128 cm³/mol. The van der Waals surface area contributed by atoms with Crippen molar-refractivity contribution in [1.82, 2.24) is 10.4 Å². The maximum absolute atomic E-state index is 12.9. The van der Waals surface area contributed by atoms with Crippen molar-refractivity contribution in [2.24, 2.45) is 5.92 Å². The molecule has 0 spiro atoms. The monoisotopic (exact) mass is 539 g/mol. The van der Waals surface area contributed by atoms with Gasteiger partial charge in [0.05, 0.1) is 28.7 Å². The Morgan fingerprint density at radius 3 is 2.27 bits per heavy atom. The van der Waals surface area contributed by atoms with Gasteiger partial charge in [0.1, 0.15) is 0 Å². The molecular formula is C25H25ClF3N3O5. The molecule has 0 bridgehead atoms. The zero-order valence-electron chi connectivity index (χ0n) is 20.2. The predicted octanol–water partition coefficient (Wildman–Crippen LogP) is 4.33. The number of halogens is 4. The Balaban J connectivity index is 1.52. The van der Waals surface area contributed by atoms with Crippen LogP contribution in [0.4, 0.5) is 18.9 Å². The van der Waals surface area contributed by atoms with Gasteiger partial charge in [-0.3, -0.25) is 29.6 Å². The summed E-state index contributed by atoms with van der Waals surface area (Å²) in [4.78, 5) is 49.3. The topological polar surface area (TPSA) is 105 Å². The summed E-state index contributed by atoms with van der Waals surface area (Å²) in [6.45, 7) is 5.14. The normalized spacial score (nSPS) is 15.9. The van der Waals surface area contributed by atoms with E-state index >= 15 is 0 Å². The summed E-state index contributed by atoms with van der Waals surface area (Å²) in [5.74, 6) is -3.77. The molecule has 0 aliphatic carbocycles. The van der Waals surface area contributed by atoms with Crippen molar-refractivity contribution >= 4 is 41.0 Å². The number of nitrogens with zero attached hydrogens (tertiary/aromatic N) is 1. The van der Waals surface area contributed by atoms with Crippen LogP contribution in [0.5, 0.6) is 0 Å². The summed E-state index contributed by atoms with van der Waals surface area (Å²) >= 11 is 5.83. The van der Waals surface area contributed by atoms with Crippen molar-refractivity contribution in [3.63, 3.8) is 0 Å². The van der Waals surface area contributed by atoms with Gasteiger partial charge in [-0.1, -0.05) is 44.5 Å². The number of hydrazine groups is 1. The fourth-order valence-electron chi connectivity index (χ4n) is 3.52. The third kappa shape index (κ3) is 7.22. The van der Waals surface area contributed by atoms with Crippen LogP contribution in [0, 0.1) is 5.92 Å². The average Bonchev–Trinajstić information content (AvgIpc) is 3.17. The molecule has 2 N–H and O–H groups in total. The number of alkyl halides is 3. The van der Waals surface area contributed by atoms with E-state index in [2.05, 4.69) is 10.7 Å². The lowest BCUT2D eigenvalue weighted by Gasteiger charge is -2.20. The van der Waals surface area contributed by atoms with E-state index in [1.165, 1.54) is 0 Å². The fraction of sp³-hybridized carbons (Fsp3) is 0.360. The third-order valence-corrected chi connectivity index (χ3v) is 5.95. The Hall–Kier alpha value is -3.60. The number of anilines is 1. The highest BCUT2D eigenvalue weighted by Gasteiger charge is 2.37.